The number of rotatable bonds is 7. The number of nitrogens with one attached hydrogen (secondary N) is 1. The molecule has 0 spiro atoms. The van der Waals surface area contributed by atoms with Gasteiger partial charge >= 0.3 is 0 Å². The second-order valence-electron chi connectivity index (χ2n) is 8.29. The van der Waals surface area contributed by atoms with Crippen LogP contribution in [0, 0.1) is 5.92 Å². The molecule has 4 aromatic rings. The van der Waals surface area contributed by atoms with Gasteiger partial charge in [-0.25, -0.2) is 14.3 Å². The standard InChI is InChI=1S/C24H25N9O2/c34-23-9-8-22(33-17-25-16-27-33)30-32(23)15-12-26-24(35)19-10-13-31(14-11-19)21-7-6-20(28-29-21)18-4-2-1-3-5-18/h1-9,16-17,19H,10-15H2,(H,26,35). The number of amides is 1. The number of anilines is 1. The zero-order valence-electron chi connectivity index (χ0n) is 19.1. The monoisotopic (exact) mass is 471 g/mol. The highest BCUT2D eigenvalue weighted by atomic mass is 16.2. The fourth-order valence-corrected chi connectivity index (χ4v) is 4.10. The topological polar surface area (TPSA) is 124 Å². The Balaban J connectivity index is 1.11. The van der Waals surface area contributed by atoms with E-state index in [1.165, 1.54) is 28.1 Å². The van der Waals surface area contributed by atoms with Crippen LogP contribution in [0.1, 0.15) is 12.8 Å². The van der Waals surface area contributed by atoms with Crippen molar-refractivity contribution in [3.05, 3.63) is 77.6 Å². The maximum absolute atomic E-state index is 12.7. The minimum Gasteiger partial charge on any atom is -0.355 e. The molecule has 1 saturated heterocycles. The molecule has 11 heteroatoms. The van der Waals surface area contributed by atoms with Crippen molar-refractivity contribution >= 4 is 11.7 Å². The number of hydrogen-bond donors (Lipinski definition) is 1. The molecule has 35 heavy (non-hydrogen) atoms. The van der Waals surface area contributed by atoms with E-state index in [9.17, 15) is 9.59 Å². The maximum atomic E-state index is 12.7. The molecular weight excluding hydrogens is 446 g/mol. The van der Waals surface area contributed by atoms with Crippen LogP contribution in [0.3, 0.4) is 0 Å². The highest BCUT2D eigenvalue weighted by Gasteiger charge is 2.25. The van der Waals surface area contributed by atoms with E-state index in [0.29, 0.717) is 12.4 Å². The fourth-order valence-electron chi connectivity index (χ4n) is 4.10. The van der Waals surface area contributed by atoms with E-state index in [0.717, 1.165) is 43.0 Å². The SMILES string of the molecule is O=C(NCCn1nc(-n2cncn2)ccc1=O)C1CCN(c2ccc(-c3ccccc3)nn2)CC1. The summed E-state index contributed by atoms with van der Waals surface area (Å²) in [6.07, 6.45) is 4.37. The molecule has 1 aliphatic rings. The van der Waals surface area contributed by atoms with Crippen LogP contribution in [0.25, 0.3) is 17.1 Å². The van der Waals surface area contributed by atoms with Crippen molar-refractivity contribution in [2.75, 3.05) is 24.5 Å². The highest BCUT2D eigenvalue weighted by Crippen LogP contribution is 2.23. The normalized spacial score (nSPS) is 14.1. The summed E-state index contributed by atoms with van der Waals surface area (Å²) in [5, 5.41) is 20.0. The number of piperidine rings is 1. The molecule has 11 nitrogen and oxygen atoms in total. The van der Waals surface area contributed by atoms with E-state index < -0.39 is 0 Å². The molecule has 0 bridgehead atoms. The van der Waals surface area contributed by atoms with E-state index in [4.69, 9.17) is 0 Å². The molecule has 1 fully saturated rings. The summed E-state index contributed by atoms with van der Waals surface area (Å²) in [7, 11) is 0. The number of carbonyl (C=O) groups is 1. The lowest BCUT2D eigenvalue weighted by molar-refractivity contribution is -0.125. The van der Waals surface area contributed by atoms with E-state index >= 15 is 0 Å². The zero-order valence-corrected chi connectivity index (χ0v) is 19.1. The van der Waals surface area contributed by atoms with Crippen LogP contribution < -0.4 is 15.8 Å². The van der Waals surface area contributed by atoms with E-state index in [1.807, 2.05) is 42.5 Å². The molecule has 178 valence electrons. The Morgan fingerprint density at radius 3 is 2.49 bits per heavy atom. The van der Waals surface area contributed by atoms with Gasteiger partial charge in [0.1, 0.15) is 12.7 Å². The lowest BCUT2D eigenvalue weighted by atomic mass is 9.96. The fraction of sp³-hybridized carbons (Fsp3) is 0.292. The molecule has 1 N–H and O–H groups in total. The third kappa shape index (κ3) is 5.24. The van der Waals surface area contributed by atoms with Crippen molar-refractivity contribution in [2.24, 2.45) is 5.92 Å². The molecule has 1 amide bonds. The van der Waals surface area contributed by atoms with Crippen molar-refractivity contribution in [3.8, 4) is 17.1 Å². The maximum Gasteiger partial charge on any atom is 0.266 e. The predicted octanol–water partition coefficient (Wildman–Crippen LogP) is 1.31. The van der Waals surface area contributed by atoms with Gasteiger partial charge in [0.2, 0.25) is 5.91 Å². The number of carbonyl (C=O) groups excluding carboxylic acids is 1. The molecule has 0 atom stereocenters. The summed E-state index contributed by atoms with van der Waals surface area (Å²) in [5.41, 5.74) is 1.63. The van der Waals surface area contributed by atoms with Gasteiger partial charge in [-0.15, -0.1) is 15.3 Å². The second kappa shape index (κ2) is 10.2. The summed E-state index contributed by atoms with van der Waals surface area (Å²) >= 11 is 0. The highest BCUT2D eigenvalue weighted by molar-refractivity contribution is 5.78. The quantitative estimate of drug-likeness (QED) is 0.428. The minimum atomic E-state index is -0.240. The van der Waals surface area contributed by atoms with Crippen molar-refractivity contribution < 1.29 is 4.79 Å². The molecule has 0 radical (unpaired) electrons. The van der Waals surface area contributed by atoms with Crippen LogP contribution in [-0.4, -0.2) is 60.3 Å². The molecule has 3 aromatic heterocycles. The van der Waals surface area contributed by atoms with Crippen LogP contribution in [0.15, 0.2) is 72.0 Å². The number of nitrogens with zero attached hydrogens (tertiary/aromatic N) is 8. The Morgan fingerprint density at radius 2 is 1.77 bits per heavy atom. The lowest BCUT2D eigenvalue weighted by Gasteiger charge is -2.31. The Bertz CT molecular complexity index is 1310. The van der Waals surface area contributed by atoms with Crippen LogP contribution >= 0.6 is 0 Å². The predicted molar refractivity (Wildman–Crippen MR) is 129 cm³/mol. The van der Waals surface area contributed by atoms with Crippen molar-refractivity contribution in [3.63, 3.8) is 0 Å². The zero-order chi connectivity index (χ0) is 24.0. The summed E-state index contributed by atoms with van der Waals surface area (Å²) in [6.45, 7) is 2.06. The smallest absolute Gasteiger partial charge is 0.266 e. The Hall–Kier alpha value is -4.41. The first kappa shape index (κ1) is 22.4. The summed E-state index contributed by atoms with van der Waals surface area (Å²) in [4.78, 5) is 30.8. The first-order chi connectivity index (χ1) is 17.2. The molecule has 1 aliphatic heterocycles. The lowest BCUT2D eigenvalue weighted by Crippen LogP contribution is -2.42. The van der Waals surface area contributed by atoms with Crippen molar-refractivity contribution in [1.29, 1.82) is 0 Å². The third-order valence-corrected chi connectivity index (χ3v) is 6.04. The van der Waals surface area contributed by atoms with Crippen LogP contribution in [0.4, 0.5) is 5.82 Å². The summed E-state index contributed by atoms with van der Waals surface area (Å²) < 4.78 is 2.79. The minimum absolute atomic E-state index is 0.00404. The van der Waals surface area contributed by atoms with Crippen LogP contribution in [0.5, 0.6) is 0 Å². The van der Waals surface area contributed by atoms with Gasteiger partial charge in [0.15, 0.2) is 11.6 Å². The van der Waals surface area contributed by atoms with Gasteiger partial charge in [-0.3, -0.25) is 9.59 Å². The third-order valence-electron chi connectivity index (χ3n) is 6.04. The van der Waals surface area contributed by atoms with E-state index in [1.54, 1.807) is 6.07 Å². The van der Waals surface area contributed by atoms with Gasteiger partial charge in [-0.05, 0) is 31.0 Å². The first-order valence-corrected chi connectivity index (χ1v) is 11.5. The largest absolute Gasteiger partial charge is 0.355 e. The Labute approximate surface area is 201 Å². The Kier molecular flexibility index (Phi) is 6.55. The number of aromatic nitrogens is 7. The number of benzene rings is 1. The van der Waals surface area contributed by atoms with Gasteiger partial charge < -0.3 is 10.2 Å². The van der Waals surface area contributed by atoms with Gasteiger partial charge in [0, 0.05) is 37.2 Å². The summed E-state index contributed by atoms with van der Waals surface area (Å²) in [6, 6.07) is 16.9. The molecule has 0 aliphatic carbocycles. The second-order valence-corrected chi connectivity index (χ2v) is 8.29. The molecule has 4 heterocycles. The van der Waals surface area contributed by atoms with Crippen LogP contribution in [-0.2, 0) is 11.3 Å². The molecule has 1 aromatic carbocycles. The Morgan fingerprint density at radius 1 is 0.971 bits per heavy atom. The molecule has 0 unspecified atom stereocenters. The van der Waals surface area contributed by atoms with Gasteiger partial charge in [-0.2, -0.15) is 5.10 Å². The molecule has 0 saturated carbocycles. The van der Waals surface area contributed by atoms with Crippen molar-refractivity contribution in [1.82, 2.24) is 40.1 Å². The van der Waals surface area contributed by atoms with Gasteiger partial charge in [-0.1, -0.05) is 30.3 Å². The first-order valence-electron chi connectivity index (χ1n) is 11.5. The number of hydrogen-bond acceptors (Lipinski definition) is 8. The average Bonchev–Trinajstić information content (AvgIpc) is 3.46. The molecular formula is C24H25N9O2. The average molecular weight is 472 g/mol. The van der Waals surface area contributed by atoms with E-state index in [-0.39, 0.29) is 23.9 Å². The molecule has 5 rings (SSSR count). The van der Waals surface area contributed by atoms with Crippen molar-refractivity contribution in [2.45, 2.75) is 19.4 Å². The summed E-state index contributed by atoms with van der Waals surface area (Å²) in [5.74, 6) is 1.23. The van der Waals surface area contributed by atoms with Gasteiger partial charge in [0.25, 0.3) is 5.56 Å². The van der Waals surface area contributed by atoms with E-state index in [2.05, 4.69) is 35.6 Å². The van der Waals surface area contributed by atoms with Gasteiger partial charge in [0.05, 0.1) is 12.2 Å². The van der Waals surface area contributed by atoms with Crippen LogP contribution in [0.2, 0.25) is 0 Å².